The fourth-order valence-electron chi connectivity index (χ4n) is 5.28. The molecule has 4 N–H and O–H groups in total. The summed E-state index contributed by atoms with van der Waals surface area (Å²) in [5.41, 5.74) is 10.3. The highest BCUT2D eigenvalue weighted by atomic mass is 19.1. The lowest BCUT2D eigenvalue weighted by Crippen LogP contribution is -2.46. The minimum atomic E-state index is -0.838. The van der Waals surface area contributed by atoms with E-state index in [2.05, 4.69) is 24.4 Å². The standard InChI is InChI=1S/C33H39F2N3O4/c1-3-22-6-4-7-23(12-22)18-37-19-31(30(36)15-24-13-27(34)17-28(35)14-24)42-33(41)26-11-21(2)10-25(16-26)32(40)38-9-5-8-29(39)20-38/h4,6-7,10-14,16-17,29-31,37,39H,3,5,8-9,15,18-20,36H2,1-2H3/t29?,30-,31+/m0/s1. The highest BCUT2D eigenvalue weighted by molar-refractivity contribution is 5.98. The summed E-state index contributed by atoms with van der Waals surface area (Å²) in [6, 6.07) is 15.4. The van der Waals surface area contributed by atoms with Gasteiger partial charge in [0.05, 0.1) is 11.7 Å². The second kappa shape index (κ2) is 14.5. The van der Waals surface area contributed by atoms with Crippen LogP contribution in [0.25, 0.3) is 0 Å². The maximum Gasteiger partial charge on any atom is 0.338 e. The van der Waals surface area contributed by atoms with E-state index >= 15 is 0 Å². The fourth-order valence-corrected chi connectivity index (χ4v) is 5.28. The quantitative estimate of drug-likeness (QED) is 0.293. The molecule has 1 amide bonds. The molecule has 1 heterocycles. The molecule has 0 aromatic heterocycles. The summed E-state index contributed by atoms with van der Waals surface area (Å²) in [4.78, 5) is 28.1. The Kier molecular flexibility index (Phi) is 10.8. The summed E-state index contributed by atoms with van der Waals surface area (Å²) in [6.45, 7) is 5.35. The number of hydrogen-bond acceptors (Lipinski definition) is 6. The van der Waals surface area contributed by atoms with Crippen molar-refractivity contribution in [2.24, 2.45) is 5.73 Å². The number of esters is 1. The number of carbonyl (C=O) groups excluding carboxylic acids is 2. The average Bonchev–Trinajstić information content (AvgIpc) is 2.95. The molecule has 9 heteroatoms. The normalized spacial score (nSPS) is 16.6. The van der Waals surface area contributed by atoms with Crippen molar-refractivity contribution in [2.45, 2.75) is 64.3 Å². The van der Waals surface area contributed by atoms with E-state index in [1.54, 1.807) is 24.0 Å². The van der Waals surface area contributed by atoms with E-state index in [1.165, 1.54) is 23.8 Å². The van der Waals surface area contributed by atoms with Gasteiger partial charge < -0.3 is 25.8 Å². The van der Waals surface area contributed by atoms with Crippen LogP contribution in [0.1, 0.15) is 62.7 Å². The molecule has 1 aliphatic rings. The number of aliphatic hydroxyl groups excluding tert-OH is 1. The number of rotatable bonds is 11. The van der Waals surface area contributed by atoms with Crippen LogP contribution in [-0.2, 0) is 24.1 Å². The molecule has 3 atom stereocenters. The van der Waals surface area contributed by atoms with Gasteiger partial charge in [-0.3, -0.25) is 4.79 Å². The topological polar surface area (TPSA) is 105 Å². The van der Waals surface area contributed by atoms with E-state index in [1.807, 2.05) is 12.1 Å². The van der Waals surface area contributed by atoms with E-state index in [-0.39, 0.29) is 31.0 Å². The number of β-amino-alcohol motifs (C(OH)–C–C–N with tert-alkyl or cyclic N) is 1. The van der Waals surface area contributed by atoms with E-state index in [9.17, 15) is 23.5 Å². The number of nitrogens with two attached hydrogens (primary N) is 1. The number of amides is 1. The number of likely N-dealkylation sites (tertiary alicyclic amines) is 1. The Morgan fingerprint density at radius 2 is 1.76 bits per heavy atom. The molecule has 1 unspecified atom stereocenters. The Morgan fingerprint density at radius 3 is 2.48 bits per heavy atom. The van der Waals surface area contributed by atoms with Crippen molar-refractivity contribution in [2.75, 3.05) is 19.6 Å². The van der Waals surface area contributed by atoms with Gasteiger partial charge in [-0.05, 0) is 85.2 Å². The molecule has 224 valence electrons. The maximum atomic E-state index is 13.8. The molecule has 0 radical (unpaired) electrons. The lowest BCUT2D eigenvalue weighted by molar-refractivity contribution is 0.0238. The molecule has 3 aromatic carbocycles. The van der Waals surface area contributed by atoms with Crippen molar-refractivity contribution in [3.8, 4) is 0 Å². The first-order valence-corrected chi connectivity index (χ1v) is 14.4. The fraction of sp³-hybridized carbons (Fsp3) is 0.394. The van der Waals surface area contributed by atoms with Crippen molar-refractivity contribution >= 4 is 11.9 Å². The van der Waals surface area contributed by atoms with Gasteiger partial charge in [0, 0.05) is 43.9 Å². The third-order valence-electron chi connectivity index (χ3n) is 7.45. The number of aliphatic hydroxyl groups is 1. The van der Waals surface area contributed by atoms with E-state index in [4.69, 9.17) is 10.5 Å². The first-order valence-electron chi connectivity index (χ1n) is 14.4. The SMILES string of the molecule is CCc1cccc(CNC[C@@H](OC(=O)c2cc(C)cc(C(=O)N3CCCC(O)C3)c2)[C@@H](N)Cc2cc(F)cc(F)c2)c1. The Morgan fingerprint density at radius 1 is 1.05 bits per heavy atom. The predicted octanol–water partition coefficient (Wildman–Crippen LogP) is 4.32. The molecule has 42 heavy (non-hydrogen) atoms. The number of ether oxygens (including phenoxy) is 1. The molecule has 1 saturated heterocycles. The van der Waals surface area contributed by atoms with Crippen molar-refractivity contribution in [1.82, 2.24) is 10.2 Å². The van der Waals surface area contributed by atoms with Crippen LogP contribution in [0.5, 0.6) is 0 Å². The zero-order chi connectivity index (χ0) is 30.2. The van der Waals surface area contributed by atoms with Crippen molar-refractivity contribution in [1.29, 1.82) is 0 Å². The molecule has 4 rings (SSSR count). The first-order chi connectivity index (χ1) is 20.1. The third kappa shape index (κ3) is 8.67. The zero-order valence-corrected chi connectivity index (χ0v) is 24.1. The molecule has 0 saturated carbocycles. The summed E-state index contributed by atoms with van der Waals surface area (Å²) >= 11 is 0. The van der Waals surface area contributed by atoms with Crippen LogP contribution >= 0.6 is 0 Å². The van der Waals surface area contributed by atoms with Gasteiger partial charge in [0.2, 0.25) is 0 Å². The van der Waals surface area contributed by atoms with Crippen LogP contribution in [0.4, 0.5) is 8.78 Å². The van der Waals surface area contributed by atoms with Gasteiger partial charge in [0.25, 0.3) is 5.91 Å². The summed E-state index contributed by atoms with van der Waals surface area (Å²) in [5.74, 6) is -2.34. The number of nitrogens with one attached hydrogen (secondary N) is 1. The van der Waals surface area contributed by atoms with Crippen LogP contribution in [0, 0.1) is 18.6 Å². The largest absolute Gasteiger partial charge is 0.456 e. The van der Waals surface area contributed by atoms with Crippen LogP contribution in [0.2, 0.25) is 0 Å². The van der Waals surface area contributed by atoms with Crippen molar-refractivity contribution < 1.29 is 28.2 Å². The molecule has 1 aliphatic heterocycles. The van der Waals surface area contributed by atoms with Crippen LogP contribution in [0.15, 0.2) is 60.7 Å². The number of carbonyl (C=O) groups is 2. The smallest absolute Gasteiger partial charge is 0.338 e. The van der Waals surface area contributed by atoms with Gasteiger partial charge in [-0.15, -0.1) is 0 Å². The molecule has 3 aromatic rings. The summed E-state index contributed by atoms with van der Waals surface area (Å²) in [5, 5.41) is 13.3. The highest BCUT2D eigenvalue weighted by Crippen LogP contribution is 2.19. The van der Waals surface area contributed by atoms with Gasteiger partial charge in [-0.2, -0.15) is 0 Å². The Bertz CT molecular complexity index is 1380. The van der Waals surface area contributed by atoms with Gasteiger partial charge in [-0.1, -0.05) is 31.2 Å². The van der Waals surface area contributed by atoms with Crippen molar-refractivity contribution in [3.05, 3.63) is 106 Å². The van der Waals surface area contributed by atoms with Crippen molar-refractivity contribution in [3.63, 3.8) is 0 Å². The molecule has 0 spiro atoms. The highest BCUT2D eigenvalue weighted by Gasteiger charge is 2.27. The van der Waals surface area contributed by atoms with E-state index in [0.29, 0.717) is 42.6 Å². The van der Waals surface area contributed by atoms with Gasteiger partial charge in [0.15, 0.2) is 0 Å². The van der Waals surface area contributed by atoms with Gasteiger partial charge in [0.1, 0.15) is 17.7 Å². The Balaban J connectivity index is 1.51. The molecular weight excluding hydrogens is 540 g/mol. The van der Waals surface area contributed by atoms with Gasteiger partial charge in [-0.25, -0.2) is 13.6 Å². The number of nitrogens with zero attached hydrogens (tertiary/aromatic N) is 1. The molecular formula is C33H39F2N3O4. The first kappa shape index (κ1) is 31.3. The number of piperidine rings is 1. The van der Waals surface area contributed by atoms with Crippen LogP contribution in [-0.4, -0.2) is 59.8 Å². The number of aryl methyl sites for hydroxylation is 2. The summed E-state index contributed by atoms with van der Waals surface area (Å²) in [6.07, 6.45) is 0.935. The predicted molar refractivity (Wildman–Crippen MR) is 157 cm³/mol. The number of hydrogen-bond donors (Lipinski definition) is 3. The number of benzene rings is 3. The molecule has 0 aliphatic carbocycles. The van der Waals surface area contributed by atoms with E-state index in [0.717, 1.165) is 18.1 Å². The number of halogens is 2. The monoisotopic (exact) mass is 579 g/mol. The minimum Gasteiger partial charge on any atom is -0.456 e. The minimum absolute atomic E-state index is 0.0778. The Labute approximate surface area is 245 Å². The van der Waals surface area contributed by atoms with Crippen LogP contribution < -0.4 is 11.1 Å². The zero-order valence-electron chi connectivity index (χ0n) is 24.1. The second-order valence-electron chi connectivity index (χ2n) is 11.0. The molecule has 7 nitrogen and oxygen atoms in total. The van der Waals surface area contributed by atoms with Gasteiger partial charge >= 0.3 is 5.97 Å². The maximum absolute atomic E-state index is 13.8. The lowest BCUT2D eigenvalue weighted by Gasteiger charge is -2.30. The van der Waals surface area contributed by atoms with Crippen LogP contribution in [0.3, 0.4) is 0 Å². The Hall–Kier alpha value is -3.66. The summed E-state index contributed by atoms with van der Waals surface area (Å²) in [7, 11) is 0. The average molecular weight is 580 g/mol. The molecule has 0 bridgehead atoms. The lowest BCUT2D eigenvalue weighted by atomic mass is 10.0. The second-order valence-corrected chi connectivity index (χ2v) is 11.0. The summed E-state index contributed by atoms with van der Waals surface area (Å²) < 4.78 is 33.6. The molecule has 1 fully saturated rings. The van der Waals surface area contributed by atoms with E-state index < -0.39 is 35.9 Å². The third-order valence-corrected chi connectivity index (χ3v) is 7.45.